The van der Waals surface area contributed by atoms with Gasteiger partial charge in [0.2, 0.25) is 0 Å². The fourth-order valence-corrected chi connectivity index (χ4v) is 2.36. The summed E-state index contributed by atoms with van der Waals surface area (Å²) in [6.45, 7) is 7.73. The zero-order valence-corrected chi connectivity index (χ0v) is 12.2. The van der Waals surface area contributed by atoms with Crippen molar-refractivity contribution in [2.75, 3.05) is 31.5 Å². The first-order valence-corrected chi connectivity index (χ1v) is 6.92. The number of aromatic nitrogens is 2. The molecule has 0 aliphatic carbocycles. The number of nitrogens with zero attached hydrogens (tertiary/aromatic N) is 3. The van der Waals surface area contributed by atoms with E-state index in [-0.39, 0.29) is 5.82 Å². The molecule has 0 aliphatic heterocycles. The summed E-state index contributed by atoms with van der Waals surface area (Å²) in [5.41, 5.74) is 0.588. The van der Waals surface area contributed by atoms with Gasteiger partial charge in [0, 0.05) is 19.7 Å². The van der Waals surface area contributed by atoms with Crippen molar-refractivity contribution < 1.29 is 9.24 Å². The third-order valence-corrected chi connectivity index (χ3v) is 3.64. The van der Waals surface area contributed by atoms with Gasteiger partial charge in [-0.25, -0.2) is 9.07 Å². The lowest BCUT2D eigenvalue weighted by atomic mass is 10.2. The van der Waals surface area contributed by atoms with E-state index in [1.165, 1.54) is 16.8 Å². The van der Waals surface area contributed by atoms with Gasteiger partial charge in [-0.15, -0.1) is 0 Å². The number of anilines is 1. The molecule has 0 atom stereocenters. The highest BCUT2D eigenvalue weighted by Crippen LogP contribution is 2.21. The van der Waals surface area contributed by atoms with Crippen LogP contribution in [0.5, 0.6) is 0 Å². The van der Waals surface area contributed by atoms with Gasteiger partial charge in [0.25, 0.3) is 0 Å². The molecular formula is C14H21FN4O. The maximum absolute atomic E-state index is 13.3. The van der Waals surface area contributed by atoms with E-state index in [9.17, 15) is 9.60 Å². The van der Waals surface area contributed by atoms with Crippen molar-refractivity contribution in [1.29, 1.82) is 0 Å². The molecule has 6 heteroatoms. The summed E-state index contributed by atoms with van der Waals surface area (Å²) in [5.74, 6) is 0.142. The molecule has 5 nitrogen and oxygen atoms in total. The van der Waals surface area contributed by atoms with Crippen molar-refractivity contribution in [3.63, 3.8) is 0 Å². The number of hydrogen-bond donors (Lipinski definition) is 1. The minimum Gasteiger partial charge on any atom is -0.692 e. The predicted octanol–water partition coefficient (Wildman–Crippen LogP) is 1.70. The largest absolute Gasteiger partial charge is 0.692 e. The second-order valence-electron chi connectivity index (χ2n) is 4.76. The lowest BCUT2D eigenvalue weighted by Crippen LogP contribution is -2.39. The van der Waals surface area contributed by atoms with Gasteiger partial charge in [-0.3, -0.25) is 5.32 Å². The van der Waals surface area contributed by atoms with Crippen LogP contribution in [-0.2, 0) is 7.05 Å². The first-order valence-electron chi connectivity index (χ1n) is 6.92. The van der Waals surface area contributed by atoms with E-state index in [1.54, 1.807) is 13.1 Å². The van der Waals surface area contributed by atoms with E-state index in [4.69, 9.17) is 0 Å². The van der Waals surface area contributed by atoms with Crippen LogP contribution in [-0.4, -0.2) is 35.8 Å². The minimum atomic E-state index is -0.339. The van der Waals surface area contributed by atoms with E-state index in [1.807, 2.05) is 0 Å². The van der Waals surface area contributed by atoms with Crippen LogP contribution in [0, 0.1) is 11.0 Å². The molecular weight excluding hydrogens is 259 g/mol. The molecule has 0 saturated carbocycles. The molecule has 0 unspecified atom stereocenters. The molecule has 1 heterocycles. The quantitative estimate of drug-likeness (QED) is 0.647. The number of benzene rings is 1. The Morgan fingerprint density at radius 1 is 1.35 bits per heavy atom. The molecule has 0 spiro atoms. The highest BCUT2D eigenvalue weighted by Gasteiger charge is 2.17. The molecule has 20 heavy (non-hydrogen) atoms. The van der Waals surface area contributed by atoms with E-state index < -0.39 is 0 Å². The number of nitrogens with one attached hydrogen (secondary N) is 1. The van der Waals surface area contributed by atoms with Gasteiger partial charge in [0.1, 0.15) is 5.82 Å². The van der Waals surface area contributed by atoms with Crippen LogP contribution in [0.3, 0.4) is 0 Å². The lowest BCUT2D eigenvalue weighted by molar-refractivity contribution is -0.675. The van der Waals surface area contributed by atoms with Crippen LogP contribution >= 0.6 is 0 Å². The zero-order valence-electron chi connectivity index (χ0n) is 12.2. The van der Waals surface area contributed by atoms with Gasteiger partial charge in [0.15, 0.2) is 0 Å². The third kappa shape index (κ3) is 2.70. The van der Waals surface area contributed by atoms with Crippen molar-refractivity contribution in [3.8, 4) is 0 Å². The molecule has 0 bridgehead atoms. The van der Waals surface area contributed by atoms with Gasteiger partial charge in [0.05, 0.1) is 17.4 Å². The summed E-state index contributed by atoms with van der Waals surface area (Å²) in [5, 5.41) is 16.0. The second kappa shape index (κ2) is 6.09. The number of halogens is 1. The standard InChI is InChI=1S/C14H21FN4O/c1-4-18(5-2)9-8-16-14-12-7-6-11(15)10-13(12)17(3)19(14)20/h6-7,10,16H,4-5,8-9H2,1-3H3. The Morgan fingerprint density at radius 2 is 2.05 bits per heavy atom. The Bertz CT molecular complexity index is 592. The monoisotopic (exact) mass is 280 g/mol. The average molecular weight is 280 g/mol. The van der Waals surface area contributed by atoms with Crippen LogP contribution in [0.2, 0.25) is 0 Å². The maximum atomic E-state index is 13.3. The molecule has 2 rings (SSSR count). The number of likely N-dealkylation sites (N-methyl/N-ethyl adjacent to an activating group) is 1. The smallest absolute Gasteiger partial charge is 0.306 e. The number of aryl methyl sites for hydroxylation is 1. The molecule has 2 aromatic rings. The Labute approximate surface area is 118 Å². The molecule has 110 valence electrons. The second-order valence-corrected chi connectivity index (χ2v) is 4.76. The molecule has 0 fully saturated rings. The summed E-state index contributed by atoms with van der Waals surface area (Å²) < 4.78 is 14.7. The third-order valence-electron chi connectivity index (χ3n) is 3.64. The summed E-state index contributed by atoms with van der Waals surface area (Å²) in [6.07, 6.45) is 0. The van der Waals surface area contributed by atoms with Gasteiger partial charge in [-0.2, -0.15) is 4.85 Å². The van der Waals surface area contributed by atoms with Crippen molar-refractivity contribution in [1.82, 2.24) is 9.58 Å². The van der Waals surface area contributed by atoms with Gasteiger partial charge < -0.3 is 10.1 Å². The Balaban J connectivity index is 2.20. The summed E-state index contributed by atoms with van der Waals surface area (Å²) in [6, 6.07) is 4.38. The SMILES string of the molecule is CCN(CC)CCNc1c2ccc(F)cc2n(C)[n+]1[O-]. The van der Waals surface area contributed by atoms with Crippen molar-refractivity contribution >= 4 is 16.7 Å². The summed E-state index contributed by atoms with van der Waals surface area (Å²) in [4.78, 5) is 3.04. The normalized spacial score (nSPS) is 11.4. The number of rotatable bonds is 6. The van der Waals surface area contributed by atoms with Gasteiger partial charge in [-0.1, -0.05) is 13.8 Å². The topological polar surface area (TPSA) is 47.1 Å². The van der Waals surface area contributed by atoms with Crippen molar-refractivity contribution in [3.05, 3.63) is 29.2 Å². The van der Waals surface area contributed by atoms with Crippen LogP contribution in [0.1, 0.15) is 13.8 Å². The van der Waals surface area contributed by atoms with E-state index in [2.05, 4.69) is 24.1 Å². The van der Waals surface area contributed by atoms with E-state index >= 15 is 0 Å². The number of fused-ring (bicyclic) bond motifs is 1. The Kier molecular flexibility index (Phi) is 4.44. The molecule has 0 aliphatic rings. The van der Waals surface area contributed by atoms with E-state index in [0.717, 1.165) is 29.9 Å². The first kappa shape index (κ1) is 14.6. The van der Waals surface area contributed by atoms with Gasteiger partial charge >= 0.3 is 5.82 Å². The Hall–Kier alpha value is -1.82. The highest BCUT2D eigenvalue weighted by atomic mass is 19.1. The molecule has 0 amide bonds. The number of hydrogen-bond acceptors (Lipinski definition) is 3. The molecule has 1 aromatic carbocycles. The summed E-state index contributed by atoms with van der Waals surface area (Å²) in [7, 11) is 1.63. The predicted molar refractivity (Wildman–Crippen MR) is 78.1 cm³/mol. The zero-order chi connectivity index (χ0) is 14.7. The first-order chi connectivity index (χ1) is 9.58. The van der Waals surface area contributed by atoms with Crippen LogP contribution in [0.25, 0.3) is 10.9 Å². The van der Waals surface area contributed by atoms with Crippen LogP contribution in [0.4, 0.5) is 10.2 Å². The molecule has 1 N–H and O–H groups in total. The fourth-order valence-electron chi connectivity index (χ4n) is 2.36. The average Bonchev–Trinajstić information content (AvgIpc) is 2.68. The molecule has 0 radical (unpaired) electrons. The molecule has 0 saturated heterocycles. The summed E-state index contributed by atoms with van der Waals surface area (Å²) >= 11 is 0. The highest BCUT2D eigenvalue weighted by molar-refractivity contribution is 5.88. The Morgan fingerprint density at radius 3 is 2.70 bits per heavy atom. The minimum absolute atomic E-state index is 0.339. The van der Waals surface area contributed by atoms with Crippen LogP contribution < -0.4 is 10.2 Å². The van der Waals surface area contributed by atoms with Crippen molar-refractivity contribution in [2.24, 2.45) is 7.05 Å². The van der Waals surface area contributed by atoms with Gasteiger partial charge in [-0.05, 0) is 25.2 Å². The maximum Gasteiger partial charge on any atom is 0.306 e. The van der Waals surface area contributed by atoms with Crippen molar-refractivity contribution in [2.45, 2.75) is 13.8 Å². The lowest BCUT2D eigenvalue weighted by Gasteiger charge is -2.16. The van der Waals surface area contributed by atoms with Crippen LogP contribution in [0.15, 0.2) is 18.2 Å². The van der Waals surface area contributed by atoms with E-state index in [0.29, 0.717) is 17.9 Å². The molecule has 1 aromatic heterocycles. The fraction of sp³-hybridized carbons (Fsp3) is 0.500.